The third-order valence-corrected chi connectivity index (χ3v) is 5.97. The summed E-state index contributed by atoms with van der Waals surface area (Å²) in [7, 11) is -2.12. The highest BCUT2D eigenvalue weighted by Gasteiger charge is 2.37. The molecular formula is C15H19FN4O2S. The van der Waals surface area contributed by atoms with Crippen molar-refractivity contribution in [3.05, 3.63) is 47.8 Å². The largest absolute Gasteiger partial charge is 0.337 e. The molecule has 6 nitrogen and oxygen atoms in total. The molecule has 0 radical (unpaired) electrons. The normalized spacial score (nSPS) is 19.9. The summed E-state index contributed by atoms with van der Waals surface area (Å²) >= 11 is 0. The lowest BCUT2D eigenvalue weighted by Gasteiger charge is -2.34. The minimum Gasteiger partial charge on any atom is -0.337 e. The third kappa shape index (κ3) is 2.89. The van der Waals surface area contributed by atoms with Crippen LogP contribution in [0.5, 0.6) is 0 Å². The molecule has 2 aromatic rings. The van der Waals surface area contributed by atoms with E-state index in [1.807, 2.05) is 7.05 Å². The first kappa shape index (κ1) is 16.1. The van der Waals surface area contributed by atoms with Crippen LogP contribution in [0.2, 0.25) is 0 Å². The summed E-state index contributed by atoms with van der Waals surface area (Å²) in [6.45, 7) is 2.96. The van der Waals surface area contributed by atoms with Gasteiger partial charge in [0.15, 0.2) is 0 Å². The number of imidazole rings is 1. The predicted octanol–water partition coefficient (Wildman–Crippen LogP) is 1.20. The number of aryl methyl sites for hydroxylation is 2. The molecule has 1 unspecified atom stereocenters. The Labute approximate surface area is 135 Å². The van der Waals surface area contributed by atoms with E-state index in [0.29, 0.717) is 24.5 Å². The maximum Gasteiger partial charge on any atom is 0.246 e. The van der Waals surface area contributed by atoms with Crippen LogP contribution in [-0.2, 0) is 17.1 Å². The van der Waals surface area contributed by atoms with Gasteiger partial charge in [-0.25, -0.2) is 17.8 Å². The number of rotatable bonds is 3. The number of nitrogens with one attached hydrogen (secondary N) is 1. The van der Waals surface area contributed by atoms with Crippen LogP contribution in [0.3, 0.4) is 0 Å². The van der Waals surface area contributed by atoms with Gasteiger partial charge in [-0.1, -0.05) is 6.07 Å². The maximum absolute atomic E-state index is 14.2. The molecule has 1 saturated heterocycles. The van der Waals surface area contributed by atoms with Crippen molar-refractivity contribution in [1.82, 2.24) is 19.2 Å². The number of nitrogens with zero attached hydrogens (tertiary/aromatic N) is 3. The quantitative estimate of drug-likeness (QED) is 0.913. The summed E-state index contributed by atoms with van der Waals surface area (Å²) in [4.78, 5) is 3.97. The highest BCUT2D eigenvalue weighted by Crippen LogP contribution is 2.29. The second-order valence-electron chi connectivity index (χ2n) is 5.67. The van der Waals surface area contributed by atoms with Gasteiger partial charge in [-0.3, -0.25) is 0 Å². The van der Waals surface area contributed by atoms with Crippen LogP contribution in [0.15, 0.2) is 35.5 Å². The molecule has 23 heavy (non-hydrogen) atoms. The Kier molecular flexibility index (Phi) is 4.22. The molecule has 1 aromatic heterocycles. The van der Waals surface area contributed by atoms with Gasteiger partial charge in [0, 0.05) is 39.1 Å². The van der Waals surface area contributed by atoms with Crippen molar-refractivity contribution in [2.75, 3.05) is 19.6 Å². The lowest BCUT2D eigenvalue weighted by Crippen LogP contribution is -2.49. The van der Waals surface area contributed by atoms with E-state index in [0.717, 1.165) is 0 Å². The molecule has 0 spiro atoms. The molecule has 1 aliphatic heterocycles. The van der Waals surface area contributed by atoms with E-state index in [4.69, 9.17) is 0 Å². The first-order valence-electron chi connectivity index (χ1n) is 7.37. The molecule has 1 aliphatic rings. The van der Waals surface area contributed by atoms with Crippen LogP contribution in [-0.4, -0.2) is 41.9 Å². The van der Waals surface area contributed by atoms with Gasteiger partial charge in [0.2, 0.25) is 10.0 Å². The fourth-order valence-corrected chi connectivity index (χ4v) is 4.47. The highest BCUT2D eigenvalue weighted by molar-refractivity contribution is 7.89. The van der Waals surface area contributed by atoms with Gasteiger partial charge < -0.3 is 9.88 Å². The molecule has 1 fully saturated rings. The smallest absolute Gasteiger partial charge is 0.246 e. The first-order valence-corrected chi connectivity index (χ1v) is 8.81. The number of piperazine rings is 1. The van der Waals surface area contributed by atoms with Crippen LogP contribution < -0.4 is 5.32 Å². The van der Waals surface area contributed by atoms with Crippen molar-refractivity contribution in [3.8, 4) is 0 Å². The number of aromatic nitrogens is 2. The van der Waals surface area contributed by atoms with E-state index in [1.165, 1.54) is 16.4 Å². The Balaban J connectivity index is 2.04. The highest BCUT2D eigenvalue weighted by atomic mass is 32.2. The summed E-state index contributed by atoms with van der Waals surface area (Å²) in [6, 6.07) is 3.71. The van der Waals surface area contributed by atoms with Gasteiger partial charge in [-0.05, 0) is 24.6 Å². The molecule has 0 aliphatic carbocycles. The van der Waals surface area contributed by atoms with E-state index < -0.39 is 21.9 Å². The van der Waals surface area contributed by atoms with Crippen molar-refractivity contribution in [3.63, 3.8) is 0 Å². The van der Waals surface area contributed by atoms with Gasteiger partial charge in [-0.2, -0.15) is 4.31 Å². The summed E-state index contributed by atoms with van der Waals surface area (Å²) in [5.74, 6) is -0.0876. The topological polar surface area (TPSA) is 67.2 Å². The molecule has 3 rings (SSSR count). The fraction of sp³-hybridized carbons (Fsp3) is 0.400. The zero-order valence-electron chi connectivity index (χ0n) is 13.0. The lowest BCUT2D eigenvalue weighted by atomic mass is 10.2. The minimum atomic E-state index is -3.94. The van der Waals surface area contributed by atoms with Gasteiger partial charge in [0.05, 0.1) is 6.04 Å². The summed E-state index contributed by atoms with van der Waals surface area (Å²) < 4.78 is 43.2. The zero-order valence-corrected chi connectivity index (χ0v) is 13.8. The molecule has 0 amide bonds. The van der Waals surface area contributed by atoms with Crippen LogP contribution in [0.25, 0.3) is 0 Å². The molecule has 2 heterocycles. The van der Waals surface area contributed by atoms with E-state index in [9.17, 15) is 12.8 Å². The number of hydrogen-bond acceptors (Lipinski definition) is 4. The Bertz CT molecular complexity index is 819. The van der Waals surface area contributed by atoms with Crippen molar-refractivity contribution in [2.24, 2.45) is 7.05 Å². The summed E-state index contributed by atoms with van der Waals surface area (Å²) in [6.07, 6.45) is 3.39. The minimum absolute atomic E-state index is 0.271. The molecule has 1 atom stereocenters. The van der Waals surface area contributed by atoms with E-state index in [2.05, 4.69) is 10.3 Å². The molecule has 124 valence electrons. The average molecular weight is 338 g/mol. The van der Waals surface area contributed by atoms with E-state index in [1.54, 1.807) is 30.0 Å². The monoisotopic (exact) mass is 338 g/mol. The standard InChI is InChI=1S/C15H19FN4O2S/c1-11-3-4-14(12(16)9-11)23(21,22)20-8-5-17-10-13(20)15-18-6-7-19(15)2/h3-4,6-7,9,13,17H,5,8,10H2,1-2H3. The van der Waals surface area contributed by atoms with E-state index in [-0.39, 0.29) is 11.4 Å². The Morgan fingerprint density at radius 1 is 1.39 bits per heavy atom. The van der Waals surface area contributed by atoms with Crippen LogP contribution in [0, 0.1) is 12.7 Å². The van der Waals surface area contributed by atoms with Crippen molar-refractivity contribution in [1.29, 1.82) is 0 Å². The van der Waals surface area contributed by atoms with E-state index >= 15 is 0 Å². The predicted molar refractivity (Wildman–Crippen MR) is 83.8 cm³/mol. The molecule has 0 saturated carbocycles. The third-order valence-electron chi connectivity index (χ3n) is 4.02. The molecule has 8 heteroatoms. The van der Waals surface area contributed by atoms with Crippen LogP contribution >= 0.6 is 0 Å². The van der Waals surface area contributed by atoms with Crippen molar-refractivity contribution in [2.45, 2.75) is 17.9 Å². The summed E-state index contributed by atoms with van der Waals surface area (Å²) in [5, 5.41) is 3.17. The SMILES string of the molecule is Cc1ccc(S(=O)(=O)N2CCNCC2c2nccn2C)c(F)c1. The van der Waals surface area contributed by atoms with Crippen molar-refractivity contribution < 1.29 is 12.8 Å². The van der Waals surface area contributed by atoms with Gasteiger partial charge >= 0.3 is 0 Å². The Morgan fingerprint density at radius 3 is 2.83 bits per heavy atom. The lowest BCUT2D eigenvalue weighted by molar-refractivity contribution is 0.257. The molecule has 1 aromatic carbocycles. The fourth-order valence-electron chi connectivity index (χ4n) is 2.83. The molecular weight excluding hydrogens is 319 g/mol. The second-order valence-corrected chi connectivity index (χ2v) is 7.52. The number of hydrogen-bond donors (Lipinski definition) is 1. The van der Waals surface area contributed by atoms with Gasteiger partial charge in [0.1, 0.15) is 16.5 Å². The van der Waals surface area contributed by atoms with Gasteiger partial charge in [-0.15, -0.1) is 0 Å². The maximum atomic E-state index is 14.2. The second kappa shape index (κ2) is 6.03. The first-order chi connectivity index (χ1) is 10.9. The van der Waals surface area contributed by atoms with Crippen LogP contribution in [0.1, 0.15) is 17.4 Å². The molecule has 1 N–H and O–H groups in total. The average Bonchev–Trinajstić information content (AvgIpc) is 2.93. The van der Waals surface area contributed by atoms with Crippen molar-refractivity contribution >= 4 is 10.0 Å². The number of halogens is 1. The zero-order chi connectivity index (χ0) is 16.6. The van der Waals surface area contributed by atoms with Crippen LogP contribution in [0.4, 0.5) is 4.39 Å². The van der Waals surface area contributed by atoms with Gasteiger partial charge in [0.25, 0.3) is 0 Å². The number of sulfonamides is 1. The molecule has 0 bridgehead atoms. The summed E-state index contributed by atoms with van der Waals surface area (Å²) in [5.41, 5.74) is 0.683. The number of benzene rings is 1. The Hall–Kier alpha value is -1.77. The Morgan fingerprint density at radius 2 is 2.17 bits per heavy atom.